The molecule has 0 bridgehead atoms. The van der Waals surface area contributed by atoms with Crippen molar-refractivity contribution in [3.05, 3.63) is 22.8 Å². The van der Waals surface area contributed by atoms with Gasteiger partial charge in [0.1, 0.15) is 5.82 Å². The molecule has 0 aliphatic carbocycles. The molecule has 1 aliphatic rings. The van der Waals surface area contributed by atoms with Crippen LogP contribution in [0, 0.1) is 0 Å². The summed E-state index contributed by atoms with van der Waals surface area (Å²) in [4.78, 5) is 9.12. The summed E-state index contributed by atoms with van der Waals surface area (Å²) in [6.07, 6.45) is 2.31. The zero-order chi connectivity index (χ0) is 13.8. The van der Waals surface area contributed by atoms with Gasteiger partial charge in [0.05, 0.1) is 17.3 Å². The van der Waals surface area contributed by atoms with E-state index in [9.17, 15) is 5.11 Å². The van der Waals surface area contributed by atoms with Gasteiger partial charge in [-0.1, -0.05) is 18.5 Å². The number of piperidine rings is 1. The van der Waals surface area contributed by atoms with Gasteiger partial charge in [-0.2, -0.15) is 0 Å². The van der Waals surface area contributed by atoms with E-state index in [2.05, 4.69) is 28.8 Å². The Balaban J connectivity index is 2.05. The number of likely N-dealkylation sites (tertiary alicyclic amines) is 1. The molecule has 1 fully saturated rings. The van der Waals surface area contributed by atoms with Crippen LogP contribution >= 0.6 is 11.6 Å². The summed E-state index contributed by atoms with van der Waals surface area (Å²) in [5, 5.41) is 9.76. The van der Waals surface area contributed by atoms with Crippen LogP contribution in [0.2, 0.25) is 5.02 Å². The number of hydrogen-bond acceptors (Lipinski definition) is 4. The molecular formula is C14H22ClN3O. The molecule has 106 valence electrons. The van der Waals surface area contributed by atoms with Crippen molar-refractivity contribution < 1.29 is 5.11 Å². The third kappa shape index (κ3) is 3.38. The average molecular weight is 284 g/mol. The van der Waals surface area contributed by atoms with Crippen LogP contribution in [-0.2, 0) is 6.61 Å². The lowest BCUT2D eigenvalue weighted by molar-refractivity contribution is 0.220. The zero-order valence-corrected chi connectivity index (χ0v) is 12.4. The number of hydrogen-bond donors (Lipinski definition) is 1. The number of halogens is 1. The molecule has 0 atom stereocenters. The summed E-state index contributed by atoms with van der Waals surface area (Å²) in [6.45, 7) is 5.51. The van der Waals surface area contributed by atoms with Gasteiger partial charge in [-0.15, -0.1) is 0 Å². The van der Waals surface area contributed by atoms with Crippen molar-refractivity contribution in [3.8, 4) is 0 Å². The van der Waals surface area contributed by atoms with Crippen molar-refractivity contribution in [1.82, 2.24) is 9.88 Å². The second-order valence-corrected chi connectivity index (χ2v) is 5.44. The van der Waals surface area contributed by atoms with Crippen LogP contribution in [0.3, 0.4) is 0 Å². The quantitative estimate of drug-likeness (QED) is 0.919. The molecule has 1 aliphatic heterocycles. The number of aliphatic hydroxyl groups is 1. The van der Waals surface area contributed by atoms with Gasteiger partial charge in [-0.25, -0.2) is 4.98 Å². The number of aliphatic hydroxyl groups excluding tert-OH is 1. The van der Waals surface area contributed by atoms with Crippen molar-refractivity contribution in [3.63, 3.8) is 0 Å². The highest BCUT2D eigenvalue weighted by molar-refractivity contribution is 6.31. The van der Waals surface area contributed by atoms with Crippen LogP contribution in [0.1, 0.15) is 25.5 Å². The van der Waals surface area contributed by atoms with Gasteiger partial charge >= 0.3 is 0 Å². The summed E-state index contributed by atoms with van der Waals surface area (Å²) >= 11 is 5.98. The third-order valence-corrected chi connectivity index (χ3v) is 4.31. The van der Waals surface area contributed by atoms with Crippen molar-refractivity contribution in [1.29, 1.82) is 0 Å². The summed E-state index contributed by atoms with van der Waals surface area (Å²) in [7, 11) is 2.07. The molecule has 5 heteroatoms. The van der Waals surface area contributed by atoms with Crippen LogP contribution < -0.4 is 4.90 Å². The Labute approximate surface area is 120 Å². The number of rotatable bonds is 4. The molecule has 2 rings (SSSR count). The first-order valence-electron chi connectivity index (χ1n) is 6.87. The molecular weight excluding hydrogens is 262 g/mol. The maximum Gasteiger partial charge on any atom is 0.129 e. The molecule has 0 aromatic carbocycles. The lowest BCUT2D eigenvalue weighted by Gasteiger charge is -2.37. The number of nitrogens with zero attached hydrogens (tertiary/aromatic N) is 3. The van der Waals surface area contributed by atoms with Gasteiger partial charge in [0.25, 0.3) is 0 Å². The van der Waals surface area contributed by atoms with E-state index < -0.39 is 0 Å². The van der Waals surface area contributed by atoms with Gasteiger partial charge in [-0.3, -0.25) is 0 Å². The minimum absolute atomic E-state index is 0.116. The number of pyridine rings is 1. The molecule has 1 aromatic heterocycles. The maximum absolute atomic E-state index is 9.23. The Kier molecular flexibility index (Phi) is 5.02. The van der Waals surface area contributed by atoms with Crippen LogP contribution in [0.5, 0.6) is 0 Å². The van der Waals surface area contributed by atoms with Crippen LogP contribution in [0.15, 0.2) is 12.1 Å². The molecule has 0 spiro atoms. The zero-order valence-electron chi connectivity index (χ0n) is 11.6. The highest BCUT2D eigenvalue weighted by Gasteiger charge is 2.22. The largest absolute Gasteiger partial charge is 0.390 e. The summed E-state index contributed by atoms with van der Waals surface area (Å²) < 4.78 is 0. The molecule has 1 aromatic rings. The molecule has 0 unspecified atom stereocenters. The second kappa shape index (κ2) is 6.55. The van der Waals surface area contributed by atoms with Gasteiger partial charge in [0.2, 0.25) is 0 Å². The third-order valence-electron chi connectivity index (χ3n) is 3.97. The van der Waals surface area contributed by atoms with Crippen LogP contribution in [0.25, 0.3) is 0 Å². The van der Waals surface area contributed by atoms with Crippen molar-refractivity contribution in [2.24, 2.45) is 0 Å². The van der Waals surface area contributed by atoms with Crippen molar-refractivity contribution >= 4 is 17.4 Å². The van der Waals surface area contributed by atoms with Crippen molar-refractivity contribution in [2.75, 3.05) is 31.6 Å². The van der Waals surface area contributed by atoms with Gasteiger partial charge < -0.3 is 14.9 Å². The fourth-order valence-electron chi connectivity index (χ4n) is 2.59. The van der Waals surface area contributed by atoms with E-state index >= 15 is 0 Å². The van der Waals surface area contributed by atoms with E-state index in [1.165, 1.54) is 0 Å². The summed E-state index contributed by atoms with van der Waals surface area (Å²) in [6, 6.07) is 4.25. The normalized spacial score (nSPS) is 17.7. The van der Waals surface area contributed by atoms with Crippen LogP contribution in [-0.4, -0.2) is 47.7 Å². The fourth-order valence-corrected chi connectivity index (χ4v) is 2.76. The molecule has 1 N–H and O–H groups in total. The number of aromatic nitrogens is 1. The van der Waals surface area contributed by atoms with E-state index in [0.717, 1.165) is 38.3 Å². The monoisotopic (exact) mass is 283 g/mol. The topological polar surface area (TPSA) is 39.6 Å². The van der Waals surface area contributed by atoms with Gasteiger partial charge in [-0.05, 0) is 31.5 Å². The van der Waals surface area contributed by atoms with E-state index in [4.69, 9.17) is 11.6 Å². The Morgan fingerprint density at radius 3 is 2.68 bits per heavy atom. The molecule has 1 saturated heterocycles. The highest BCUT2D eigenvalue weighted by atomic mass is 35.5. The maximum atomic E-state index is 9.23. The van der Waals surface area contributed by atoms with E-state index in [-0.39, 0.29) is 6.61 Å². The Bertz CT molecular complexity index is 419. The Hall–Kier alpha value is -0.840. The van der Waals surface area contributed by atoms with E-state index in [1.807, 2.05) is 12.1 Å². The Morgan fingerprint density at radius 1 is 1.42 bits per heavy atom. The average Bonchev–Trinajstić information content (AvgIpc) is 2.47. The first kappa shape index (κ1) is 14.6. The predicted molar refractivity (Wildman–Crippen MR) is 78.7 cm³/mol. The van der Waals surface area contributed by atoms with E-state index in [1.54, 1.807) is 0 Å². The molecule has 0 radical (unpaired) electrons. The SMILES string of the molecule is CCN1CCC(N(C)c2ccc(Cl)c(CO)n2)CC1. The Morgan fingerprint density at radius 2 is 2.11 bits per heavy atom. The fraction of sp³-hybridized carbons (Fsp3) is 0.643. The molecule has 2 heterocycles. The molecule has 19 heavy (non-hydrogen) atoms. The summed E-state index contributed by atoms with van der Waals surface area (Å²) in [5.41, 5.74) is 0.553. The second-order valence-electron chi connectivity index (χ2n) is 5.03. The van der Waals surface area contributed by atoms with Crippen LogP contribution in [0.4, 0.5) is 5.82 Å². The number of anilines is 1. The minimum atomic E-state index is -0.116. The first-order chi connectivity index (χ1) is 9.15. The molecule has 0 amide bonds. The summed E-state index contributed by atoms with van der Waals surface area (Å²) in [5.74, 6) is 0.892. The highest BCUT2D eigenvalue weighted by Crippen LogP contribution is 2.23. The lowest BCUT2D eigenvalue weighted by Crippen LogP contribution is -2.43. The lowest BCUT2D eigenvalue weighted by atomic mass is 10.0. The van der Waals surface area contributed by atoms with E-state index in [0.29, 0.717) is 16.8 Å². The standard InChI is InChI=1S/C14H22ClN3O/c1-3-18-8-6-11(7-9-18)17(2)14-5-4-12(15)13(10-19)16-14/h4-5,11,19H,3,6-10H2,1-2H3. The van der Waals surface area contributed by atoms with Crippen molar-refractivity contribution in [2.45, 2.75) is 32.4 Å². The first-order valence-corrected chi connectivity index (χ1v) is 7.25. The minimum Gasteiger partial charge on any atom is -0.390 e. The van der Waals surface area contributed by atoms with Gasteiger partial charge in [0.15, 0.2) is 0 Å². The smallest absolute Gasteiger partial charge is 0.129 e. The molecule has 4 nitrogen and oxygen atoms in total. The molecule has 0 saturated carbocycles. The predicted octanol–water partition coefficient (Wildman–Crippen LogP) is 2.15. The van der Waals surface area contributed by atoms with Gasteiger partial charge in [0, 0.05) is 26.2 Å².